The second-order valence-corrected chi connectivity index (χ2v) is 20.1. The molecule has 6 fully saturated rings. The van der Waals surface area contributed by atoms with Crippen LogP contribution in [0.1, 0.15) is 92.9 Å². The highest BCUT2D eigenvalue weighted by atomic mass is 16.8. The number of hydrogen-bond acceptors (Lipinski definition) is 14. The van der Waals surface area contributed by atoms with E-state index in [1.165, 1.54) is 5.57 Å². The number of carbonyl (C=O) groups excluding carboxylic acids is 1. The highest BCUT2D eigenvalue weighted by molar-refractivity contribution is 5.85. The van der Waals surface area contributed by atoms with E-state index in [-0.39, 0.29) is 46.5 Å². The molecule has 0 spiro atoms. The second-order valence-electron chi connectivity index (χ2n) is 20.1. The topological polar surface area (TPSA) is 236 Å². The predicted molar refractivity (Wildman–Crippen MR) is 195 cm³/mol. The van der Waals surface area contributed by atoms with E-state index in [9.17, 15) is 50.8 Å². The van der Waals surface area contributed by atoms with Crippen molar-refractivity contribution in [3.05, 3.63) is 11.6 Å². The third-order valence-corrected chi connectivity index (χ3v) is 16.5. The molecule has 0 aromatic heterocycles. The van der Waals surface area contributed by atoms with E-state index in [0.717, 1.165) is 32.1 Å². The van der Waals surface area contributed by atoms with Crippen LogP contribution in [0.25, 0.3) is 0 Å². The normalized spacial score (nSPS) is 55.0. The summed E-state index contributed by atoms with van der Waals surface area (Å²) in [7, 11) is 0. The molecule has 7 rings (SSSR count). The van der Waals surface area contributed by atoms with Crippen molar-refractivity contribution in [3.63, 3.8) is 0 Å². The van der Waals surface area contributed by atoms with Gasteiger partial charge in [-0.25, -0.2) is 0 Å². The molecular formula is C41H66O14. The molecule has 314 valence electrons. The first-order chi connectivity index (χ1) is 25.7. The Morgan fingerprint density at radius 2 is 1.36 bits per heavy atom. The van der Waals surface area contributed by atoms with Crippen molar-refractivity contribution in [2.75, 3.05) is 19.8 Å². The summed E-state index contributed by atoms with van der Waals surface area (Å²) in [5.74, 6) is 0.605. The van der Waals surface area contributed by atoms with E-state index < -0.39 is 97.7 Å². The summed E-state index contributed by atoms with van der Waals surface area (Å²) in [5.41, 5.74) is -0.535. The summed E-state index contributed by atoms with van der Waals surface area (Å²) < 4.78 is 24.0. The Kier molecular flexibility index (Phi) is 11.1. The third kappa shape index (κ3) is 6.35. The van der Waals surface area contributed by atoms with Gasteiger partial charge in [-0.1, -0.05) is 53.2 Å². The van der Waals surface area contributed by atoms with Crippen molar-refractivity contribution < 1.29 is 69.7 Å². The van der Waals surface area contributed by atoms with E-state index in [1.807, 2.05) is 6.92 Å². The number of fused-ring (bicyclic) bond motifs is 7. The van der Waals surface area contributed by atoms with E-state index >= 15 is 0 Å². The molecule has 20 unspecified atom stereocenters. The molecule has 0 aromatic rings. The van der Waals surface area contributed by atoms with Crippen LogP contribution in [0, 0.1) is 50.7 Å². The zero-order chi connectivity index (χ0) is 40.2. The largest absolute Gasteiger partial charge is 0.396 e. The van der Waals surface area contributed by atoms with Crippen LogP contribution >= 0.6 is 0 Å². The lowest BCUT2D eigenvalue weighted by Crippen LogP contribution is -2.70. The monoisotopic (exact) mass is 782 g/mol. The Balaban J connectivity index is 1.18. The maximum atomic E-state index is 14.0. The number of ether oxygens (including phenoxy) is 4. The fourth-order valence-corrected chi connectivity index (χ4v) is 13.4. The SMILES string of the molecule is CC1(C)CCC2C(=O)CC3(C)C(=CCC4C5(C)CC(O)C(OC6OC(CO)C(O)C(O)C6OC6OC(CO)C(O)C(O)C6O)C(C)(CO)C5CCC43C)C2C1. The number of hydrogen-bond donors (Lipinski definition) is 9. The molecule has 20 atom stereocenters. The Hall–Kier alpha value is -1.11. The maximum Gasteiger partial charge on any atom is 0.187 e. The van der Waals surface area contributed by atoms with Gasteiger partial charge in [0.05, 0.1) is 32.0 Å². The second kappa shape index (κ2) is 14.6. The summed E-state index contributed by atoms with van der Waals surface area (Å²) in [6.45, 7) is 11.6. The van der Waals surface area contributed by atoms with E-state index in [1.54, 1.807) is 0 Å². The fourth-order valence-electron chi connectivity index (χ4n) is 13.4. The van der Waals surface area contributed by atoms with Gasteiger partial charge in [-0.05, 0) is 78.9 Å². The van der Waals surface area contributed by atoms with E-state index in [0.29, 0.717) is 25.0 Å². The van der Waals surface area contributed by atoms with Gasteiger partial charge >= 0.3 is 0 Å². The first-order valence-electron chi connectivity index (χ1n) is 20.5. The van der Waals surface area contributed by atoms with Gasteiger partial charge in [-0.3, -0.25) is 4.79 Å². The first kappa shape index (κ1) is 42.0. The number of aliphatic hydroxyl groups excluding tert-OH is 9. The summed E-state index contributed by atoms with van der Waals surface area (Å²) in [6, 6.07) is 0. The summed E-state index contributed by atoms with van der Waals surface area (Å²) in [5, 5.41) is 96.8. The minimum Gasteiger partial charge on any atom is -0.396 e. The van der Waals surface area contributed by atoms with Crippen LogP contribution in [-0.2, 0) is 23.7 Å². The van der Waals surface area contributed by atoms with Crippen molar-refractivity contribution >= 4 is 5.78 Å². The van der Waals surface area contributed by atoms with Gasteiger partial charge in [-0.15, -0.1) is 0 Å². The smallest absolute Gasteiger partial charge is 0.187 e. The molecule has 2 heterocycles. The zero-order valence-corrected chi connectivity index (χ0v) is 33.2. The molecule has 7 aliphatic rings. The zero-order valence-electron chi connectivity index (χ0n) is 33.2. The molecule has 0 aromatic carbocycles. The van der Waals surface area contributed by atoms with Crippen LogP contribution in [0.15, 0.2) is 11.6 Å². The van der Waals surface area contributed by atoms with Crippen LogP contribution in [0.4, 0.5) is 0 Å². The van der Waals surface area contributed by atoms with Crippen LogP contribution in [0.2, 0.25) is 0 Å². The quantitative estimate of drug-likeness (QED) is 0.127. The maximum absolute atomic E-state index is 14.0. The summed E-state index contributed by atoms with van der Waals surface area (Å²) in [4.78, 5) is 14.0. The number of ketones is 1. The minimum atomic E-state index is -1.83. The van der Waals surface area contributed by atoms with Gasteiger partial charge in [0, 0.05) is 23.2 Å². The summed E-state index contributed by atoms with van der Waals surface area (Å²) in [6.07, 6.45) is -9.98. The van der Waals surface area contributed by atoms with Crippen LogP contribution in [0.5, 0.6) is 0 Å². The number of carbonyl (C=O) groups is 1. The predicted octanol–water partition coefficient (Wildman–Crippen LogP) is 0.549. The number of Topliss-reactive ketones (excluding diaryl/α,β-unsaturated/α-hetero) is 1. The van der Waals surface area contributed by atoms with Crippen molar-refractivity contribution in [1.29, 1.82) is 0 Å². The molecule has 4 saturated carbocycles. The lowest BCUT2D eigenvalue weighted by atomic mass is 9.34. The van der Waals surface area contributed by atoms with Crippen LogP contribution < -0.4 is 0 Å². The number of allylic oxidation sites excluding steroid dienone is 2. The Morgan fingerprint density at radius 3 is 2.00 bits per heavy atom. The van der Waals surface area contributed by atoms with Crippen molar-refractivity contribution in [2.45, 2.75) is 167 Å². The lowest BCUT2D eigenvalue weighted by Gasteiger charge is -2.71. The van der Waals surface area contributed by atoms with Gasteiger partial charge in [0.25, 0.3) is 0 Å². The molecule has 2 aliphatic heterocycles. The van der Waals surface area contributed by atoms with Crippen molar-refractivity contribution in [1.82, 2.24) is 0 Å². The lowest BCUT2D eigenvalue weighted by molar-refractivity contribution is -0.384. The fraction of sp³-hybridized carbons (Fsp3) is 0.927. The molecular weight excluding hydrogens is 716 g/mol. The van der Waals surface area contributed by atoms with Gasteiger partial charge < -0.3 is 64.9 Å². The molecule has 2 saturated heterocycles. The Labute approximate surface area is 323 Å². The van der Waals surface area contributed by atoms with Crippen LogP contribution in [0.3, 0.4) is 0 Å². The Bertz CT molecular complexity index is 1470. The Morgan fingerprint density at radius 1 is 0.727 bits per heavy atom. The van der Waals surface area contributed by atoms with Crippen molar-refractivity contribution in [3.8, 4) is 0 Å². The van der Waals surface area contributed by atoms with Gasteiger partial charge in [0.1, 0.15) is 54.6 Å². The highest BCUT2D eigenvalue weighted by Gasteiger charge is 2.70. The average Bonchev–Trinajstić information content (AvgIpc) is 3.12. The molecule has 14 nitrogen and oxygen atoms in total. The van der Waals surface area contributed by atoms with E-state index in [2.05, 4.69) is 40.7 Å². The summed E-state index contributed by atoms with van der Waals surface area (Å²) >= 11 is 0. The van der Waals surface area contributed by atoms with Gasteiger partial charge in [0.15, 0.2) is 12.6 Å². The number of aliphatic hydroxyl groups is 9. The molecule has 14 heteroatoms. The molecule has 5 aliphatic carbocycles. The molecule has 0 radical (unpaired) electrons. The molecule has 0 bridgehead atoms. The number of rotatable bonds is 7. The average molecular weight is 783 g/mol. The van der Waals surface area contributed by atoms with E-state index in [4.69, 9.17) is 18.9 Å². The van der Waals surface area contributed by atoms with Gasteiger partial charge in [0.2, 0.25) is 0 Å². The molecule has 9 N–H and O–H groups in total. The standard InChI is InChI=1S/C41H66O14/c1-37(2)11-9-19-20(13-37)21-7-8-27-38(3)14-23(46)34(39(4,18-44)26(38)10-12-40(27,5)41(21,6)15-22(19)45)55-36-33(31(50)29(48)25(17-43)53-36)54-35-32(51)30(49)28(47)24(16-42)52-35/h7,19-20,23-36,42-44,46-51H,8-18H2,1-6H3. The van der Waals surface area contributed by atoms with Crippen molar-refractivity contribution in [2.24, 2.45) is 50.7 Å². The molecule has 55 heavy (non-hydrogen) atoms. The first-order valence-corrected chi connectivity index (χ1v) is 20.5. The van der Waals surface area contributed by atoms with Crippen LogP contribution in [-0.4, -0.2) is 145 Å². The highest BCUT2D eigenvalue weighted by Crippen LogP contribution is 2.74. The molecule has 0 amide bonds. The third-order valence-electron chi connectivity index (χ3n) is 16.5. The minimum absolute atomic E-state index is 0.0760. The van der Waals surface area contributed by atoms with Gasteiger partial charge in [-0.2, -0.15) is 0 Å².